The minimum Gasteiger partial charge on any atom is -0.467 e. The number of furan rings is 1. The fourth-order valence-corrected chi connectivity index (χ4v) is 2.83. The van der Waals surface area contributed by atoms with Crippen molar-refractivity contribution >= 4 is 5.91 Å². The van der Waals surface area contributed by atoms with Gasteiger partial charge in [0.2, 0.25) is 5.91 Å². The van der Waals surface area contributed by atoms with E-state index in [2.05, 4.69) is 10.4 Å². The molecule has 1 aliphatic rings. The largest absolute Gasteiger partial charge is 0.467 e. The Hall–Kier alpha value is -2.08. The molecule has 118 valence electrons. The van der Waals surface area contributed by atoms with Crippen LogP contribution in [0.4, 0.5) is 0 Å². The molecular weight excluding hydrogens is 282 g/mol. The van der Waals surface area contributed by atoms with Crippen LogP contribution in [-0.2, 0) is 9.53 Å². The van der Waals surface area contributed by atoms with Crippen LogP contribution in [0.5, 0.6) is 0 Å². The number of nitrogens with one attached hydrogen (secondary N) is 1. The Morgan fingerprint density at radius 3 is 3.00 bits per heavy atom. The molecule has 2 atom stereocenters. The summed E-state index contributed by atoms with van der Waals surface area (Å²) in [7, 11) is 0. The molecule has 1 fully saturated rings. The first-order valence-electron chi connectivity index (χ1n) is 7.57. The van der Waals surface area contributed by atoms with E-state index in [-0.39, 0.29) is 17.9 Å². The van der Waals surface area contributed by atoms with Gasteiger partial charge in [0, 0.05) is 18.8 Å². The highest BCUT2D eigenvalue weighted by Gasteiger charge is 2.26. The van der Waals surface area contributed by atoms with Gasteiger partial charge >= 0.3 is 0 Å². The van der Waals surface area contributed by atoms with Gasteiger partial charge in [0.1, 0.15) is 11.8 Å². The van der Waals surface area contributed by atoms with Crippen molar-refractivity contribution in [3.8, 4) is 0 Å². The van der Waals surface area contributed by atoms with Crippen LogP contribution in [-0.4, -0.2) is 35.4 Å². The Morgan fingerprint density at radius 2 is 2.41 bits per heavy atom. The van der Waals surface area contributed by atoms with Crippen LogP contribution < -0.4 is 5.32 Å². The van der Waals surface area contributed by atoms with Crippen molar-refractivity contribution in [3.63, 3.8) is 0 Å². The van der Waals surface area contributed by atoms with Gasteiger partial charge in [0.05, 0.1) is 24.5 Å². The number of carbonyl (C=O) groups excluding carboxylic acids is 1. The number of aromatic nitrogens is 2. The number of hydrogen-bond acceptors (Lipinski definition) is 4. The molecule has 0 radical (unpaired) electrons. The van der Waals surface area contributed by atoms with Crippen molar-refractivity contribution in [1.29, 1.82) is 0 Å². The van der Waals surface area contributed by atoms with Gasteiger partial charge in [-0.05, 0) is 38.5 Å². The molecule has 2 aromatic rings. The van der Waals surface area contributed by atoms with Gasteiger partial charge in [-0.3, -0.25) is 9.48 Å². The van der Waals surface area contributed by atoms with Crippen molar-refractivity contribution in [2.45, 2.75) is 26.3 Å². The number of amides is 1. The smallest absolute Gasteiger partial charge is 0.225 e. The second kappa shape index (κ2) is 6.36. The number of aryl methyl sites for hydroxylation is 2. The van der Waals surface area contributed by atoms with Gasteiger partial charge < -0.3 is 14.5 Å². The zero-order chi connectivity index (χ0) is 15.5. The van der Waals surface area contributed by atoms with Crippen LogP contribution >= 0.6 is 0 Å². The molecule has 6 heteroatoms. The Kier molecular flexibility index (Phi) is 4.29. The van der Waals surface area contributed by atoms with Gasteiger partial charge in [0.25, 0.3) is 0 Å². The van der Waals surface area contributed by atoms with Crippen LogP contribution in [0.1, 0.15) is 29.6 Å². The number of rotatable bonds is 5. The van der Waals surface area contributed by atoms with E-state index < -0.39 is 0 Å². The van der Waals surface area contributed by atoms with Crippen LogP contribution in [0.25, 0.3) is 0 Å². The topological polar surface area (TPSA) is 69.3 Å². The third kappa shape index (κ3) is 3.06. The average Bonchev–Trinajstić information content (AvgIpc) is 3.22. The van der Waals surface area contributed by atoms with Crippen LogP contribution in [0.15, 0.2) is 28.9 Å². The Bertz CT molecular complexity index is 627. The molecule has 1 aliphatic heterocycles. The van der Waals surface area contributed by atoms with E-state index >= 15 is 0 Å². The molecule has 6 nitrogen and oxygen atoms in total. The predicted octanol–water partition coefficient (Wildman–Crippen LogP) is 1.84. The van der Waals surface area contributed by atoms with Gasteiger partial charge in [-0.1, -0.05) is 0 Å². The zero-order valence-corrected chi connectivity index (χ0v) is 12.9. The second-order valence-corrected chi connectivity index (χ2v) is 5.71. The molecule has 0 saturated carbocycles. The molecule has 0 bridgehead atoms. The number of ether oxygens (including phenoxy) is 1. The Balaban J connectivity index is 1.75. The van der Waals surface area contributed by atoms with E-state index in [1.807, 2.05) is 36.7 Å². The highest BCUT2D eigenvalue weighted by atomic mass is 16.5. The normalized spacial score (nSPS) is 19.3. The molecule has 3 rings (SSSR count). The summed E-state index contributed by atoms with van der Waals surface area (Å²) >= 11 is 0. The lowest BCUT2D eigenvalue weighted by atomic mass is 10.1. The summed E-state index contributed by atoms with van der Waals surface area (Å²) in [5, 5.41) is 7.53. The Morgan fingerprint density at radius 1 is 1.55 bits per heavy atom. The zero-order valence-electron chi connectivity index (χ0n) is 12.9. The molecule has 1 amide bonds. The third-order valence-electron chi connectivity index (χ3n) is 3.98. The monoisotopic (exact) mass is 303 g/mol. The molecule has 1 N–H and O–H groups in total. The molecule has 0 aromatic carbocycles. The Labute approximate surface area is 129 Å². The van der Waals surface area contributed by atoms with Gasteiger partial charge in [-0.25, -0.2) is 0 Å². The summed E-state index contributed by atoms with van der Waals surface area (Å²) in [5.74, 6) is 0.780. The van der Waals surface area contributed by atoms with Crippen molar-refractivity contribution < 1.29 is 13.9 Å². The molecule has 0 aliphatic carbocycles. The number of hydrogen-bond donors (Lipinski definition) is 1. The maximum absolute atomic E-state index is 12.2. The fourth-order valence-electron chi connectivity index (χ4n) is 2.83. The minimum atomic E-state index is -0.144. The first-order valence-corrected chi connectivity index (χ1v) is 7.57. The lowest BCUT2D eigenvalue weighted by Gasteiger charge is -2.19. The molecule has 0 spiro atoms. The summed E-state index contributed by atoms with van der Waals surface area (Å²) in [5.41, 5.74) is 1.99. The van der Waals surface area contributed by atoms with Crippen molar-refractivity contribution in [2.24, 2.45) is 5.92 Å². The lowest BCUT2D eigenvalue weighted by molar-refractivity contribution is -0.125. The molecule has 22 heavy (non-hydrogen) atoms. The summed E-state index contributed by atoms with van der Waals surface area (Å²) in [6, 6.07) is 5.63. The van der Waals surface area contributed by atoms with E-state index in [0.717, 1.165) is 23.6 Å². The van der Waals surface area contributed by atoms with E-state index in [4.69, 9.17) is 9.15 Å². The fraction of sp³-hybridized carbons (Fsp3) is 0.500. The number of carbonyl (C=O) groups is 1. The molecular formula is C16H21N3O3. The van der Waals surface area contributed by atoms with Crippen molar-refractivity contribution in [2.75, 3.05) is 19.8 Å². The average molecular weight is 303 g/mol. The summed E-state index contributed by atoms with van der Waals surface area (Å²) < 4.78 is 12.7. The van der Waals surface area contributed by atoms with E-state index in [1.54, 1.807) is 6.26 Å². The summed E-state index contributed by atoms with van der Waals surface area (Å²) in [4.78, 5) is 12.2. The van der Waals surface area contributed by atoms with Gasteiger partial charge in [-0.15, -0.1) is 0 Å². The minimum absolute atomic E-state index is 0.0376. The SMILES string of the molecule is Cc1cc(C)n([C@H](CNC(=O)[C@H]2CCOC2)c2ccco2)n1. The maximum Gasteiger partial charge on any atom is 0.225 e. The lowest BCUT2D eigenvalue weighted by Crippen LogP contribution is -2.36. The van der Waals surface area contributed by atoms with Crippen LogP contribution in [0.2, 0.25) is 0 Å². The van der Waals surface area contributed by atoms with E-state index in [1.165, 1.54) is 0 Å². The van der Waals surface area contributed by atoms with Crippen LogP contribution in [0, 0.1) is 19.8 Å². The second-order valence-electron chi connectivity index (χ2n) is 5.71. The molecule has 3 heterocycles. The van der Waals surface area contributed by atoms with E-state index in [0.29, 0.717) is 19.8 Å². The van der Waals surface area contributed by atoms with Crippen LogP contribution in [0.3, 0.4) is 0 Å². The predicted molar refractivity (Wildman–Crippen MR) is 80.5 cm³/mol. The first kappa shape index (κ1) is 14.8. The molecule has 1 saturated heterocycles. The number of nitrogens with zero attached hydrogens (tertiary/aromatic N) is 2. The van der Waals surface area contributed by atoms with E-state index in [9.17, 15) is 4.79 Å². The molecule has 0 unspecified atom stereocenters. The maximum atomic E-state index is 12.2. The molecule has 2 aromatic heterocycles. The first-order chi connectivity index (χ1) is 10.6. The third-order valence-corrected chi connectivity index (χ3v) is 3.98. The highest BCUT2D eigenvalue weighted by Crippen LogP contribution is 2.21. The van der Waals surface area contributed by atoms with Gasteiger partial charge in [0.15, 0.2) is 0 Å². The summed E-state index contributed by atoms with van der Waals surface area (Å²) in [6.07, 6.45) is 2.43. The quantitative estimate of drug-likeness (QED) is 0.915. The standard InChI is InChI=1S/C16H21N3O3/c1-11-8-12(2)19(18-11)14(15-4-3-6-22-15)9-17-16(20)13-5-7-21-10-13/h3-4,6,8,13-14H,5,7,9-10H2,1-2H3,(H,17,20)/t13-,14+/m0/s1. The van der Waals surface area contributed by atoms with Crippen molar-refractivity contribution in [3.05, 3.63) is 41.6 Å². The van der Waals surface area contributed by atoms with Gasteiger partial charge in [-0.2, -0.15) is 5.10 Å². The summed E-state index contributed by atoms with van der Waals surface area (Å²) in [6.45, 7) is 5.58. The van der Waals surface area contributed by atoms with Crippen molar-refractivity contribution in [1.82, 2.24) is 15.1 Å². The highest BCUT2D eigenvalue weighted by molar-refractivity contribution is 5.79.